The molecular weight excluding hydrogens is 366 g/mol. The maximum absolute atomic E-state index is 12.6. The van der Waals surface area contributed by atoms with Crippen LogP contribution >= 0.6 is 11.3 Å². The molecule has 0 aliphatic heterocycles. The number of hydrogen-bond acceptors (Lipinski definition) is 7. The van der Waals surface area contributed by atoms with Crippen LogP contribution in [0.4, 0.5) is 0 Å². The van der Waals surface area contributed by atoms with Crippen molar-refractivity contribution >= 4 is 27.5 Å². The van der Waals surface area contributed by atoms with Crippen molar-refractivity contribution < 1.29 is 14.3 Å². The van der Waals surface area contributed by atoms with Crippen molar-refractivity contribution in [3.63, 3.8) is 0 Å². The highest BCUT2D eigenvalue weighted by atomic mass is 32.1. The van der Waals surface area contributed by atoms with Crippen molar-refractivity contribution in [3.05, 3.63) is 26.6 Å². The van der Waals surface area contributed by atoms with Crippen LogP contribution in [0.15, 0.2) is 4.79 Å². The van der Waals surface area contributed by atoms with Crippen LogP contribution in [0.5, 0.6) is 0 Å². The number of aromatic nitrogens is 2. The molecular formula is C19H27N3O4S. The average molecular weight is 394 g/mol. The molecule has 27 heavy (non-hydrogen) atoms. The molecule has 2 aromatic rings. The van der Waals surface area contributed by atoms with E-state index in [2.05, 4.69) is 21.9 Å². The third-order valence-electron chi connectivity index (χ3n) is 5.02. The molecule has 1 aliphatic rings. The fraction of sp³-hybridized carbons (Fsp3) is 0.632. The summed E-state index contributed by atoms with van der Waals surface area (Å²) < 4.78 is 10.1. The lowest BCUT2D eigenvalue weighted by Crippen LogP contribution is -2.26. The van der Waals surface area contributed by atoms with Crippen molar-refractivity contribution in [1.29, 1.82) is 0 Å². The van der Waals surface area contributed by atoms with Gasteiger partial charge in [-0.25, -0.2) is 9.78 Å². The Morgan fingerprint density at radius 1 is 1.33 bits per heavy atom. The van der Waals surface area contributed by atoms with E-state index in [9.17, 15) is 9.59 Å². The van der Waals surface area contributed by atoms with Crippen LogP contribution in [0.3, 0.4) is 0 Å². The Bertz CT molecular complexity index is 854. The fourth-order valence-corrected chi connectivity index (χ4v) is 4.79. The minimum Gasteiger partial charge on any atom is -0.459 e. The van der Waals surface area contributed by atoms with Crippen LogP contribution in [0.25, 0.3) is 10.2 Å². The number of hydrogen-bond donors (Lipinski definition) is 1. The predicted molar refractivity (Wildman–Crippen MR) is 105 cm³/mol. The minimum absolute atomic E-state index is 0.185. The molecule has 0 atom stereocenters. The summed E-state index contributed by atoms with van der Waals surface area (Å²) >= 11 is 1.21. The monoisotopic (exact) mass is 393 g/mol. The van der Waals surface area contributed by atoms with Crippen LogP contribution in [0.2, 0.25) is 0 Å². The van der Waals surface area contributed by atoms with Crippen molar-refractivity contribution in [2.24, 2.45) is 5.92 Å². The van der Waals surface area contributed by atoms with E-state index in [1.807, 2.05) is 0 Å². The van der Waals surface area contributed by atoms with Gasteiger partial charge in [-0.1, -0.05) is 12.8 Å². The number of thiophene rings is 1. The maximum atomic E-state index is 12.6. The Balaban J connectivity index is 1.77. The number of rotatable bonds is 8. The summed E-state index contributed by atoms with van der Waals surface area (Å²) in [6, 6.07) is 0. The van der Waals surface area contributed by atoms with E-state index in [0.29, 0.717) is 39.6 Å². The summed E-state index contributed by atoms with van der Waals surface area (Å²) in [6.07, 6.45) is 5.20. The Morgan fingerprint density at radius 2 is 2.07 bits per heavy atom. The van der Waals surface area contributed by atoms with Gasteiger partial charge in [0, 0.05) is 13.7 Å². The Kier molecular flexibility index (Phi) is 6.62. The lowest BCUT2D eigenvalue weighted by molar-refractivity contribution is 0.0393. The molecule has 8 heteroatoms. The number of carbonyl (C=O) groups excluding carboxylic acids is 1. The molecule has 0 unspecified atom stereocenters. The van der Waals surface area contributed by atoms with Crippen molar-refractivity contribution in [2.75, 3.05) is 33.9 Å². The number of methoxy groups -OCH3 is 1. The zero-order valence-electron chi connectivity index (χ0n) is 16.2. The summed E-state index contributed by atoms with van der Waals surface area (Å²) in [5.74, 6) is 0.934. The zero-order valence-corrected chi connectivity index (χ0v) is 17.0. The summed E-state index contributed by atoms with van der Waals surface area (Å²) in [7, 11) is 3.61. The topological polar surface area (TPSA) is 84.5 Å². The number of fused-ring (bicyclic) bond motifs is 1. The number of ether oxygens (including phenoxy) is 2. The van der Waals surface area contributed by atoms with Gasteiger partial charge in [0.25, 0.3) is 5.56 Å². The highest BCUT2D eigenvalue weighted by molar-refractivity contribution is 7.20. The van der Waals surface area contributed by atoms with E-state index < -0.39 is 5.97 Å². The van der Waals surface area contributed by atoms with E-state index in [1.165, 1.54) is 37.0 Å². The first-order chi connectivity index (χ1) is 13.0. The van der Waals surface area contributed by atoms with Crippen LogP contribution in [-0.4, -0.2) is 54.8 Å². The Hall–Kier alpha value is -1.77. The van der Waals surface area contributed by atoms with E-state index in [1.54, 1.807) is 14.0 Å². The van der Waals surface area contributed by atoms with Gasteiger partial charge in [0.15, 0.2) is 0 Å². The van der Waals surface area contributed by atoms with E-state index in [4.69, 9.17) is 9.47 Å². The molecule has 7 nitrogen and oxygen atoms in total. The third kappa shape index (κ3) is 4.75. The molecule has 1 N–H and O–H groups in total. The number of nitrogens with zero attached hydrogens (tertiary/aromatic N) is 2. The largest absolute Gasteiger partial charge is 0.459 e. The molecule has 1 aliphatic carbocycles. The van der Waals surface area contributed by atoms with E-state index in [0.717, 1.165) is 12.5 Å². The van der Waals surface area contributed by atoms with Gasteiger partial charge >= 0.3 is 5.97 Å². The summed E-state index contributed by atoms with van der Waals surface area (Å²) in [5, 5.41) is 0.473. The first kappa shape index (κ1) is 20.0. The van der Waals surface area contributed by atoms with Crippen molar-refractivity contribution in [3.8, 4) is 0 Å². The molecule has 2 aromatic heterocycles. The van der Waals surface area contributed by atoms with Crippen LogP contribution in [0.1, 0.15) is 46.7 Å². The van der Waals surface area contributed by atoms with Gasteiger partial charge in [-0.05, 0) is 38.3 Å². The maximum Gasteiger partial charge on any atom is 0.348 e. The number of esters is 1. The highest BCUT2D eigenvalue weighted by Gasteiger charge is 2.21. The van der Waals surface area contributed by atoms with Gasteiger partial charge < -0.3 is 14.5 Å². The Labute approximate surface area is 162 Å². The number of H-pyrrole nitrogens is 1. The summed E-state index contributed by atoms with van der Waals surface area (Å²) in [4.78, 5) is 35.5. The molecule has 148 valence electrons. The smallest absolute Gasteiger partial charge is 0.348 e. The molecule has 0 spiro atoms. The second-order valence-electron chi connectivity index (χ2n) is 7.22. The molecule has 0 bridgehead atoms. The molecule has 2 heterocycles. The fourth-order valence-electron chi connectivity index (χ4n) is 3.70. The molecule has 0 amide bonds. The van der Waals surface area contributed by atoms with Gasteiger partial charge in [0.2, 0.25) is 0 Å². The van der Waals surface area contributed by atoms with Crippen LogP contribution < -0.4 is 5.56 Å². The number of nitrogens with one attached hydrogen (secondary N) is 1. The molecule has 1 saturated carbocycles. The second kappa shape index (κ2) is 8.95. The third-order valence-corrected chi connectivity index (χ3v) is 6.19. The molecule has 0 radical (unpaired) electrons. The lowest BCUT2D eigenvalue weighted by atomic mass is 10.1. The van der Waals surface area contributed by atoms with Gasteiger partial charge in [0.1, 0.15) is 22.1 Å². The highest BCUT2D eigenvalue weighted by Crippen LogP contribution is 2.28. The SMILES string of the molecule is COCCOC(=O)c1sc2nc(CN(C)CC3CCCC3)[nH]c(=O)c2c1C. The second-order valence-corrected chi connectivity index (χ2v) is 8.22. The van der Waals surface area contributed by atoms with E-state index in [-0.39, 0.29) is 12.2 Å². The van der Waals surface area contributed by atoms with Crippen LogP contribution in [0, 0.1) is 12.8 Å². The molecule has 0 aromatic carbocycles. The van der Waals surface area contributed by atoms with Gasteiger partial charge in [-0.15, -0.1) is 11.3 Å². The van der Waals surface area contributed by atoms with Gasteiger partial charge in [-0.2, -0.15) is 0 Å². The molecule has 0 saturated heterocycles. The molecule has 1 fully saturated rings. The lowest BCUT2D eigenvalue weighted by Gasteiger charge is -2.19. The summed E-state index contributed by atoms with van der Waals surface area (Å²) in [5.41, 5.74) is 0.422. The first-order valence-electron chi connectivity index (χ1n) is 9.36. The minimum atomic E-state index is -0.438. The average Bonchev–Trinajstić information content (AvgIpc) is 3.23. The van der Waals surface area contributed by atoms with Crippen LogP contribution in [-0.2, 0) is 16.0 Å². The van der Waals surface area contributed by atoms with Crippen molar-refractivity contribution in [1.82, 2.24) is 14.9 Å². The number of carbonyl (C=O) groups is 1. The molecule has 3 rings (SSSR count). The summed E-state index contributed by atoms with van der Waals surface area (Å²) in [6.45, 7) is 3.89. The van der Waals surface area contributed by atoms with Gasteiger partial charge in [-0.3, -0.25) is 9.69 Å². The predicted octanol–water partition coefficient (Wildman–Crippen LogP) is 2.72. The van der Waals surface area contributed by atoms with Crippen molar-refractivity contribution in [2.45, 2.75) is 39.2 Å². The first-order valence-corrected chi connectivity index (χ1v) is 10.2. The zero-order chi connectivity index (χ0) is 19.4. The Morgan fingerprint density at radius 3 is 2.78 bits per heavy atom. The van der Waals surface area contributed by atoms with E-state index >= 15 is 0 Å². The van der Waals surface area contributed by atoms with Gasteiger partial charge in [0.05, 0.1) is 18.5 Å². The normalized spacial score (nSPS) is 15.1. The number of aryl methyl sites for hydroxylation is 1. The standard InChI is InChI=1S/C19H27N3O4S/c1-12-15-17(23)20-14(11-22(2)10-13-6-4-5-7-13)21-18(15)27-16(12)19(24)26-9-8-25-3/h13H,4-11H2,1-3H3,(H,20,21,23). The quantitative estimate of drug-likeness (QED) is 0.548. The number of aromatic amines is 1.